The number of hydrogen-bond donors (Lipinski definition) is 1. The van der Waals surface area contributed by atoms with Gasteiger partial charge in [-0.15, -0.1) is 0 Å². The second-order valence-corrected chi connectivity index (χ2v) is 3.75. The molecule has 1 aromatic carbocycles. The van der Waals surface area contributed by atoms with Gasteiger partial charge in [0.2, 0.25) is 0 Å². The molecule has 0 saturated heterocycles. The second kappa shape index (κ2) is 6.25. The average Bonchev–Trinajstić information content (AvgIpc) is 2.30. The first-order valence-electron chi connectivity index (χ1n) is 5.43. The van der Waals surface area contributed by atoms with Crippen molar-refractivity contribution in [2.45, 2.75) is 19.9 Å². The summed E-state index contributed by atoms with van der Waals surface area (Å²) in [4.78, 5) is 9.56. The monoisotopic (exact) mass is 260 g/mol. The standard InChI is InChI=1S/C11H14F2N2O3/c1-3-18-6-7(2)14-11-9(12)4-8(15(16)17)5-10(11)13/h4-5,7,14H,3,6H2,1-2H3. The third-order valence-electron chi connectivity index (χ3n) is 2.20. The Kier molecular flexibility index (Phi) is 4.96. The van der Waals surface area contributed by atoms with E-state index in [1.807, 2.05) is 0 Å². The van der Waals surface area contributed by atoms with Crippen LogP contribution in [0.15, 0.2) is 12.1 Å². The van der Waals surface area contributed by atoms with Crippen LogP contribution in [0.1, 0.15) is 13.8 Å². The summed E-state index contributed by atoms with van der Waals surface area (Å²) in [6, 6.07) is 1.05. The minimum absolute atomic E-state index is 0.284. The quantitative estimate of drug-likeness (QED) is 0.631. The van der Waals surface area contributed by atoms with Gasteiger partial charge in [-0.2, -0.15) is 0 Å². The molecule has 1 unspecified atom stereocenters. The van der Waals surface area contributed by atoms with E-state index in [0.29, 0.717) is 18.7 Å². The van der Waals surface area contributed by atoms with Crippen molar-refractivity contribution in [3.63, 3.8) is 0 Å². The van der Waals surface area contributed by atoms with Crippen molar-refractivity contribution in [3.05, 3.63) is 33.9 Å². The Bertz CT molecular complexity index is 417. The van der Waals surface area contributed by atoms with Crippen LogP contribution < -0.4 is 5.32 Å². The van der Waals surface area contributed by atoms with Crippen molar-refractivity contribution in [2.75, 3.05) is 18.5 Å². The van der Waals surface area contributed by atoms with Gasteiger partial charge < -0.3 is 10.1 Å². The van der Waals surface area contributed by atoms with Crippen molar-refractivity contribution < 1.29 is 18.4 Å². The molecule has 0 fully saturated rings. The molecule has 0 aliphatic heterocycles. The largest absolute Gasteiger partial charge is 0.380 e. The van der Waals surface area contributed by atoms with Gasteiger partial charge in [-0.3, -0.25) is 10.1 Å². The van der Waals surface area contributed by atoms with Crippen LogP contribution >= 0.6 is 0 Å². The predicted octanol–water partition coefficient (Wildman–Crippen LogP) is 2.71. The van der Waals surface area contributed by atoms with E-state index >= 15 is 0 Å². The van der Waals surface area contributed by atoms with Gasteiger partial charge in [-0.05, 0) is 13.8 Å². The summed E-state index contributed by atoms with van der Waals surface area (Å²) in [5, 5.41) is 13.0. The van der Waals surface area contributed by atoms with Gasteiger partial charge in [0.1, 0.15) is 5.69 Å². The van der Waals surface area contributed by atoms with Crippen LogP contribution in [0.3, 0.4) is 0 Å². The van der Waals surface area contributed by atoms with E-state index in [-0.39, 0.29) is 18.3 Å². The Morgan fingerprint density at radius 2 is 2.00 bits per heavy atom. The summed E-state index contributed by atoms with van der Waals surface area (Å²) in [7, 11) is 0. The molecule has 0 saturated carbocycles. The van der Waals surface area contributed by atoms with Crippen molar-refractivity contribution in [3.8, 4) is 0 Å². The summed E-state index contributed by atoms with van der Waals surface area (Å²) in [5.74, 6) is -1.99. The molecule has 0 aliphatic rings. The number of benzene rings is 1. The Balaban J connectivity index is 2.86. The third kappa shape index (κ3) is 3.63. The van der Waals surface area contributed by atoms with Crippen molar-refractivity contribution in [2.24, 2.45) is 0 Å². The topological polar surface area (TPSA) is 64.4 Å². The second-order valence-electron chi connectivity index (χ2n) is 3.75. The Morgan fingerprint density at radius 1 is 1.44 bits per heavy atom. The third-order valence-corrected chi connectivity index (χ3v) is 2.20. The molecule has 5 nitrogen and oxygen atoms in total. The maximum atomic E-state index is 13.5. The van der Waals surface area contributed by atoms with Crippen LogP contribution in [0.5, 0.6) is 0 Å². The first kappa shape index (κ1) is 14.3. The lowest BCUT2D eigenvalue weighted by atomic mass is 10.2. The van der Waals surface area contributed by atoms with E-state index in [0.717, 1.165) is 0 Å². The fourth-order valence-corrected chi connectivity index (χ4v) is 1.39. The van der Waals surface area contributed by atoms with E-state index < -0.39 is 22.2 Å². The van der Waals surface area contributed by atoms with Crippen LogP contribution in [-0.4, -0.2) is 24.2 Å². The number of non-ortho nitro benzene ring substituents is 1. The molecule has 0 amide bonds. The molecule has 1 N–H and O–H groups in total. The van der Waals surface area contributed by atoms with Crippen LogP contribution in [0, 0.1) is 21.7 Å². The van der Waals surface area contributed by atoms with E-state index in [1.54, 1.807) is 13.8 Å². The van der Waals surface area contributed by atoms with E-state index in [4.69, 9.17) is 4.74 Å². The van der Waals surface area contributed by atoms with Gasteiger partial charge in [-0.1, -0.05) is 0 Å². The average molecular weight is 260 g/mol. The highest BCUT2D eigenvalue weighted by atomic mass is 19.1. The van der Waals surface area contributed by atoms with Crippen molar-refractivity contribution in [1.82, 2.24) is 0 Å². The van der Waals surface area contributed by atoms with Crippen molar-refractivity contribution in [1.29, 1.82) is 0 Å². The maximum absolute atomic E-state index is 13.5. The minimum Gasteiger partial charge on any atom is -0.380 e. The highest BCUT2D eigenvalue weighted by Gasteiger charge is 2.18. The smallest absolute Gasteiger partial charge is 0.275 e. The number of ether oxygens (including phenoxy) is 1. The number of nitro benzene ring substituents is 1. The van der Waals surface area contributed by atoms with Crippen molar-refractivity contribution >= 4 is 11.4 Å². The van der Waals surface area contributed by atoms with Crippen LogP contribution in [0.4, 0.5) is 20.2 Å². The van der Waals surface area contributed by atoms with E-state index in [1.165, 1.54) is 0 Å². The Morgan fingerprint density at radius 3 is 2.44 bits per heavy atom. The lowest BCUT2D eigenvalue weighted by Crippen LogP contribution is -2.23. The number of hydrogen-bond acceptors (Lipinski definition) is 4. The van der Waals surface area contributed by atoms with Gasteiger partial charge in [0, 0.05) is 12.6 Å². The lowest BCUT2D eigenvalue weighted by molar-refractivity contribution is -0.385. The number of nitrogens with one attached hydrogen (secondary N) is 1. The Labute approximate surface area is 103 Å². The summed E-state index contributed by atoms with van der Waals surface area (Å²) in [6.07, 6.45) is 0. The zero-order valence-corrected chi connectivity index (χ0v) is 10.1. The molecule has 0 aromatic heterocycles. The number of rotatable bonds is 6. The van der Waals surface area contributed by atoms with Gasteiger partial charge in [-0.25, -0.2) is 8.78 Å². The molecule has 1 aromatic rings. The molecule has 1 rings (SSSR count). The normalized spacial score (nSPS) is 12.2. The van der Waals surface area contributed by atoms with Crippen LogP contribution in [0.25, 0.3) is 0 Å². The molecule has 7 heteroatoms. The van der Waals surface area contributed by atoms with E-state index in [9.17, 15) is 18.9 Å². The number of halogens is 2. The summed E-state index contributed by atoms with van der Waals surface area (Å²) in [6.45, 7) is 4.28. The molecule has 0 spiro atoms. The first-order chi connectivity index (χ1) is 8.45. The molecule has 100 valence electrons. The molecule has 18 heavy (non-hydrogen) atoms. The maximum Gasteiger partial charge on any atom is 0.275 e. The molecule has 0 aliphatic carbocycles. The van der Waals surface area contributed by atoms with Gasteiger partial charge >= 0.3 is 0 Å². The summed E-state index contributed by atoms with van der Waals surface area (Å²) in [5.41, 5.74) is -0.999. The first-order valence-corrected chi connectivity index (χ1v) is 5.43. The molecular formula is C11H14F2N2O3. The highest BCUT2D eigenvalue weighted by molar-refractivity contribution is 5.52. The SMILES string of the molecule is CCOCC(C)Nc1c(F)cc([N+](=O)[O-])cc1F. The van der Waals surface area contributed by atoms with Gasteiger partial charge in [0.15, 0.2) is 11.6 Å². The minimum atomic E-state index is -0.995. The molecule has 1 atom stereocenters. The molecular weight excluding hydrogens is 246 g/mol. The predicted molar refractivity (Wildman–Crippen MR) is 62.6 cm³/mol. The van der Waals surface area contributed by atoms with Gasteiger partial charge in [0.05, 0.1) is 23.7 Å². The van der Waals surface area contributed by atoms with Gasteiger partial charge in [0.25, 0.3) is 5.69 Å². The lowest BCUT2D eigenvalue weighted by Gasteiger charge is -2.16. The molecule has 0 radical (unpaired) electrons. The summed E-state index contributed by atoms with van der Waals surface area (Å²) >= 11 is 0. The molecule has 0 bridgehead atoms. The Hall–Kier alpha value is -1.76. The fourth-order valence-electron chi connectivity index (χ4n) is 1.39. The highest BCUT2D eigenvalue weighted by Crippen LogP contribution is 2.25. The molecule has 0 heterocycles. The zero-order chi connectivity index (χ0) is 13.7. The number of nitrogens with zero attached hydrogens (tertiary/aromatic N) is 1. The van der Waals surface area contributed by atoms with Crippen LogP contribution in [0.2, 0.25) is 0 Å². The van der Waals surface area contributed by atoms with E-state index in [2.05, 4.69) is 5.32 Å². The van der Waals surface area contributed by atoms with Crippen LogP contribution in [-0.2, 0) is 4.74 Å². The zero-order valence-electron chi connectivity index (χ0n) is 10.1. The summed E-state index contributed by atoms with van der Waals surface area (Å²) < 4.78 is 32.1. The number of nitro groups is 1. The fraction of sp³-hybridized carbons (Fsp3) is 0.455. The number of anilines is 1.